The summed E-state index contributed by atoms with van der Waals surface area (Å²) >= 11 is 0. The van der Waals surface area contributed by atoms with Crippen molar-refractivity contribution in [3.05, 3.63) is 0 Å². The highest BCUT2D eigenvalue weighted by Crippen LogP contribution is 2.32. The van der Waals surface area contributed by atoms with Gasteiger partial charge >= 0.3 is 0 Å². The largest absolute Gasteiger partial charge is 0.381 e. The molecule has 1 atom stereocenters. The number of carbonyl (C=O) groups is 1. The molecule has 3 rings (SSSR count). The average Bonchev–Trinajstić information content (AvgIpc) is 2.97. The SMILES string of the molecule is O=C(NC1CCC2(CC1)CNCCO2)C1CCOC1. The van der Waals surface area contributed by atoms with E-state index in [1.807, 2.05) is 0 Å². The van der Waals surface area contributed by atoms with E-state index in [4.69, 9.17) is 9.47 Å². The fourth-order valence-corrected chi connectivity index (χ4v) is 3.38. The molecule has 2 aliphatic heterocycles. The van der Waals surface area contributed by atoms with E-state index in [2.05, 4.69) is 10.6 Å². The topological polar surface area (TPSA) is 59.6 Å². The molecule has 0 aromatic rings. The van der Waals surface area contributed by atoms with Crippen LogP contribution in [0.2, 0.25) is 0 Å². The maximum atomic E-state index is 12.0. The van der Waals surface area contributed by atoms with Crippen molar-refractivity contribution in [3.8, 4) is 0 Å². The van der Waals surface area contributed by atoms with E-state index in [1.54, 1.807) is 0 Å². The minimum absolute atomic E-state index is 0.0376. The molecule has 3 fully saturated rings. The Labute approximate surface area is 114 Å². The smallest absolute Gasteiger partial charge is 0.225 e. The summed E-state index contributed by atoms with van der Waals surface area (Å²) in [5, 5.41) is 6.60. The van der Waals surface area contributed by atoms with E-state index in [9.17, 15) is 4.79 Å². The standard InChI is InChI=1S/C14H24N2O3/c17-13(11-3-7-18-9-11)16-12-1-4-14(5-2-12)10-15-6-8-19-14/h11-12,15H,1-10H2,(H,16,17). The predicted molar refractivity (Wildman–Crippen MR) is 70.9 cm³/mol. The summed E-state index contributed by atoms with van der Waals surface area (Å²) in [6.45, 7) is 4.06. The van der Waals surface area contributed by atoms with E-state index in [0.717, 1.165) is 58.4 Å². The third kappa shape index (κ3) is 3.09. The van der Waals surface area contributed by atoms with Crippen molar-refractivity contribution in [2.45, 2.75) is 43.7 Å². The lowest BCUT2D eigenvalue weighted by molar-refractivity contribution is -0.127. The molecule has 19 heavy (non-hydrogen) atoms. The van der Waals surface area contributed by atoms with Gasteiger partial charge in [-0.15, -0.1) is 0 Å². The fraction of sp³-hybridized carbons (Fsp3) is 0.929. The van der Waals surface area contributed by atoms with Crippen molar-refractivity contribution in [1.82, 2.24) is 10.6 Å². The molecule has 1 unspecified atom stereocenters. The number of ether oxygens (including phenoxy) is 2. The Bertz CT molecular complexity index is 313. The third-order valence-corrected chi connectivity index (χ3v) is 4.68. The van der Waals surface area contributed by atoms with Crippen LogP contribution in [0, 0.1) is 5.92 Å². The Kier molecular flexibility index (Phi) is 4.05. The Morgan fingerprint density at radius 1 is 1.21 bits per heavy atom. The molecule has 2 N–H and O–H groups in total. The first-order valence-corrected chi connectivity index (χ1v) is 7.50. The highest BCUT2D eigenvalue weighted by molar-refractivity contribution is 5.79. The van der Waals surface area contributed by atoms with Crippen LogP contribution < -0.4 is 10.6 Å². The number of nitrogens with one attached hydrogen (secondary N) is 2. The first-order chi connectivity index (χ1) is 9.27. The molecule has 0 aromatic heterocycles. The maximum Gasteiger partial charge on any atom is 0.225 e. The molecule has 5 heteroatoms. The monoisotopic (exact) mass is 268 g/mol. The van der Waals surface area contributed by atoms with Gasteiger partial charge in [0.15, 0.2) is 0 Å². The van der Waals surface area contributed by atoms with E-state index >= 15 is 0 Å². The summed E-state index contributed by atoms with van der Waals surface area (Å²) in [5.41, 5.74) is 0.0376. The van der Waals surface area contributed by atoms with Crippen LogP contribution in [0.4, 0.5) is 0 Å². The van der Waals surface area contributed by atoms with Gasteiger partial charge in [-0.05, 0) is 32.1 Å². The molecule has 0 bridgehead atoms. The Morgan fingerprint density at radius 2 is 2.05 bits per heavy atom. The van der Waals surface area contributed by atoms with Crippen molar-refractivity contribution < 1.29 is 14.3 Å². The number of morpholine rings is 1. The zero-order chi connectivity index (χ0) is 13.1. The van der Waals surface area contributed by atoms with Gasteiger partial charge in [-0.2, -0.15) is 0 Å². The molecule has 2 saturated heterocycles. The molecular weight excluding hydrogens is 244 g/mol. The molecule has 2 heterocycles. The van der Waals surface area contributed by atoms with Gasteiger partial charge in [0.1, 0.15) is 0 Å². The number of carbonyl (C=O) groups excluding carboxylic acids is 1. The van der Waals surface area contributed by atoms with E-state index in [0.29, 0.717) is 12.6 Å². The van der Waals surface area contributed by atoms with E-state index < -0.39 is 0 Å². The van der Waals surface area contributed by atoms with Gasteiger partial charge in [0.05, 0.1) is 24.7 Å². The zero-order valence-electron chi connectivity index (χ0n) is 11.5. The Balaban J connectivity index is 1.46. The molecule has 0 radical (unpaired) electrons. The highest BCUT2D eigenvalue weighted by atomic mass is 16.5. The molecule has 1 aliphatic carbocycles. The molecule has 1 saturated carbocycles. The van der Waals surface area contributed by atoms with Crippen molar-refractivity contribution in [2.24, 2.45) is 5.92 Å². The van der Waals surface area contributed by atoms with Gasteiger partial charge in [-0.1, -0.05) is 0 Å². The molecule has 1 amide bonds. The molecule has 3 aliphatic rings. The van der Waals surface area contributed by atoms with E-state index in [-0.39, 0.29) is 17.4 Å². The van der Waals surface area contributed by atoms with Gasteiger partial charge in [0.25, 0.3) is 0 Å². The summed E-state index contributed by atoms with van der Waals surface area (Å²) in [5.74, 6) is 0.254. The number of amides is 1. The minimum Gasteiger partial charge on any atom is -0.381 e. The summed E-state index contributed by atoms with van der Waals surface area (Å²) in [4.78, 5) is 12.0. The van der Waals surface area contributed by atoms with Gasteiger partial charge in [0.2, 0.25) is 5.91 Å². The summed E-state index contributed by atoms with van der Waals surface area (Å²) in [7, 11) is 0. The summed E-state index contributed by atoms with van der Waals surface area (Å²) in [6, 6.07) is 0.323. The van der Waals surface area contributed by atoms with Crippen molar-refractivity contribution in [1.29, 1.82) is 0 Å². The number of hydrogen-bond donors (Lipinski definition) is 2. The molecule has 108 valence electrons. The van der Waals surface area contributed by atoms with Crippen LogP contribution in [0.1, 0.15) is 32.1 Å². The second-order valence-corrected chi connectivity index (χ2v) is 6.05. The normalized spacial score (nSPS) is 39.4. The van der Waals surface area contributed by atoms with Crippen LogP contribution in [0.25, 0.3) is 0 Å². The third-order valence-electron chi connectivity index (χ3n) is 4.68. The average molecular weight is 268 g/mol. The van der Waals surface area contributed by atoms with Crippen molar-refractivity contribution >= 4 is 5.91 Å². The van der Waals surface area contributed by atoms with Crippen LogP contribution in [0.3, 0.4) is 0 Å². The fourth-order valence-electron chi connectivity index (χ4n) is 3.38. The maximum absolute atomic E-state index is 12.0. The molecule has 1 spiro atoms. The van der Waals surface area contributed by atoms with Crippen molar-refractivity contribution in [2.75, 3.05) is 32.9 Å². The van der Waals surface area contributed by atoms with Gasteiger partial charge in [-0.3, -0.25) is 4.79 Å². The number of hydrogen-bond acceptors (Lipinski definition) is 4. The lowest BCUT2D eigenvalue weighted by atomic mass is 9.81. The second kappa shape index (κ2) is 5.77. The van der Waals surface area contributed by atoms with Gasteiger partial charge in [0, 0.05) is 25.7 Å². The highest BCUT2D eigenvalue weighted by Gasteiger charge is 2.38. The van der Waals surface area contributed by atoms with Gasteiger partial charge < -0.3 is 20.1 Å². The molecule has 5 nitrogen and oxygen atoms in total. The van der Waals surface area contributed by atoms with Crippen LogP contribution >= 0.6 is 0 Å². The minimum atomic E-state index is 0.0376. The van der Waals surface area contributed by atoms with Crippen LogP contribution in [0.5, 0.6) is 0 Å². The predicted octanol–water partition coefficient (Wildman–Crippen LogP) is 0.440. The Hall–Kier alpha value is -0.650. The number of rotatable bonds is 2. The summed E-state index contributed by atoms with van der Waals surface area (Å²) < 4.78 is 11.2. The van der Waals surface area contributed by atoms with Crippen LogP contribution in [0.15, 0.2) is 0 Å². The van der Waals surface area contributed by atoms with E-state index in [1.165, 1.54) is 0 Å². The first kappa shape index (κ1) is 13.3. The quantitative estimate of drug-likeness (QED) is 0.763. The first-order valence-electron chi connectivity index (χ1n) is 7.50. The van der Waals surface area contributed by atoms with Crippen molar-refractivity contribution in [3.63, 3.8) is 0 Å². The van der Waals surface area contributed by atoms with Crippen LogP contribution in [-0.4, -0.2) is 50.5 Å². The molecular formula is C14H24N2O3. The zero-order valence-corrected chi connectivity index (χ0v) is 11.5. The second-order valence-electron chi connectivity index (χ2n) is 6.05. The lowest BCUT2D eigenvalue weighted by Crippen LogP contribution is -2.54. The van der Waals surface area contributed by atoms with Crippen LogP contribution in [-0.2, 0) is 14.3 Å². The van der Waals surface area contributed by atoms with Gasteiger partial charge in [-0.25, -0.2) is 0 Å². The lowest BCUT2D eigenvalue weighted by Gasteiger charge is -2.43. The summed E-state index contributed by atoms with van der Waals surface area (Å²) in [6.07, 6.45) is 5.02. The Morgan fingerprint density at radius 3 is 2.68 bits per heavy atom. The molecule has 0 aromatic carbocycles.